The van der Waals surface area contributed by atoms with Crippen LogP contribution in [0.3, 0.4) is 0 Å². The van der Waals surface area contributed by atoms with E-state index in [1.807, 2.05) is 22.9 Å². The first kappa shape index (κ1) is 12.9. The van der Waals surface area contributed by atoms with Crippen LogP contribution >= 0.6 is 0 Å². The van der Waals surface area contributed by atoms with Crippen LogP contribution in [-0.4, -0.2) is 41.0 Å². The minimum Gasteiger partial charge on any atom is -0.348 e. The quantitative estimate of drug-likeness (QED) is 0.764. The molecule has 1 unspecified atom stereocenters. The van der Waals surface area contributed by atoms with Crippen molar-refractivity contribution in [2.75, 3.05) is 5.32 Å². The number of aryl methyl sites for hydroxylation is 1. The summed E-state index contributed by atoms with van der Waals surface area (Å²) in [5.74, 6) is 1.74. The maximum atomic E-state index is 4.24. The molecule has 1 N–H and O–H groups in total. The lowest BCUT2D eigenvalue weighted by atomic mass is 10.1. The lowest BCUT2D eigenvalue weighted by Gasteiger charge is -2.23. The third kappa shape index (κ3) is 2.54. The molecule has 1 aromatic carbocycles. The molecule has 8 nitrogen and oxygen atoms in total. The van der Waals surface area contributed by atoms with Crippen LogP contribution < -0.4 is 5.32 Å². The van der Waals surface area contributed by atoms with Gasteiger partial charge in [0.15, 0.2) is 0 Å². The largest absolute Gasteiger partial charge is 0.348 e. The van der Waals surface area contributed by atoms with Crippen LogP contribution in [0.2, 0.25) is 0 Å². The molecule has 3 aromatic rings. The molecule has 0 saturated heterocycles. The average Bonchev–Trinajstić information content (AvgIpc) is 3.18. The number of anilines is 1. The summed E-state index contributed by atoms with van der Waals surface area (Å²) in [7, 11) is 0. The van der Waals surface area contributed by atoms with Crippen LogP contribution in [0.4, 0.5) is 5.95 Å². The van der Waals surface area contributed by atoms with Gasteiger partial charge in [-0.1, -0.05) is 35.4 Å². The average molecular weight is 296 g/mol. The van der Waals surface area contributed by atoms with E-state index in [0.29, 0.717) is 12.5 Å². The Balaban J connectivity index is 1.47. The highest BCUT2D eigenvalue weighted by atomic mass is 15.6. The Hall–Kier alpha value is -2.77. The molecule has 112 valence electrons. The van der Waals surface area contributed by atoms with E-state index in [2.05, 4.69) is 43.1 Å². The topological polar surface area (TPSA) is 86.3 Å². The van der Waals surface area contributed by atoms with Crippen LogP contribution in [0.15, 0.2) is 36.7 Å². The van der Waals surface area contributed by atoms with E-state index in [1.165, 1.54) is 5.56 Å². The summed E-state index contributed by atoms with van der Waals surface area (Å²) in [5, 5.41) is 19.6. The van der Waals surface area contributed by atoms with Gasteiger partial charge in [0.05, 0.1) is 13.1 Å². The fourth-order valence-electron chi connectivity index (χ4n) is 2.71. The zero-order valence-electron chi connectivity index (χ0n) is 12.0. The number of nitrogens with one attached hydrogen (secondary N) is 1. The minimum absolute atomic E-state index is 0.259. The molecule has 2 aromatic heterocycles. The monoisotopic (exact) mass is 296 g/mol. The highest BCUT2D eigenvalue weighted by Gasteiger charge is 2.21. The fraction of sp³-hybridized carbons (Fsp3) is 0.357. The van der Waals surface area contributed by atoms with E-state index in [-0.39, 0.29) is 6.04 Å². The first-order valence-electron chi connectivity index (χ1n) is 7.32. The molecule has 22 heavy (non-hydrogen) atoms. The van der Waals surface area contributed by atoms with Gasteiger partial charge in [-0.25, -0.2) is 14.3 Å². The van der Waals surface area contributed by atoms with Crippen molar-refractivity contribution >= 4 is 5.95 Å². The normalized spacial score (nSPS) is 17.2. The van der Waals surface area contributed by atoms with Gasteiger partial charge in [0, 0.05) is 12.5 Å². The van der Waals surface area contributed by atoms with Gasteiger partial charge in [0.25, 0.3) is 0 Å². The SMILES string of the molecule is c1ccc(Cn2nnnc2NC2CCc3ncnn3C2)cc1. The number of hydrogen-bond donors (Lipinski definition) is 1. The molecule has 0 amide bonds. The number of fused-ring (bicyclic) bond motifs is 1. The highest BCUT2D eigenvalue weighted by molar-refractivity contribution is 5.26. The van der Waals surface area contributed by atoms with E-state index >= 15 is 0 Å². The lowest BCUT2D eigenvalue weighted by molar-refractivity contribution is 0.438. The molecule has 0 saturated carbocycles. The predicted octanol–water partition coefficient (Wildman–Crippen LogP) is 0.740. The summed E-state index contributed by atoms with van der Waals surface area (Å²) >= 11 is 0. The molecule has 1 aliphatic rings. The summed E-state index contributed by atoms with van der Waals surface area (Å²) in [6.45, 7) is 1.44. The van der Waals surface area contributed by atoms with Crippen molar-refractivity contribution in [3.63, 3.8) is 0 Å². The van der Waals surface area contributed by atoms with Gasteiger partial charge in [0.1, 0.15) is 12.2 Å². The molecule has 0 spiro atoms. The number of aromatic nitrogens is 7. The molecule has 1 atom stereocenters. The Bertz CT molecular complexity index is 747. The molecule has 0 fully saturated rings. The Labute approximate surface area is 127 Å². The van der Waals surface area contributed by atoms with Crippen LogP contribution in [0, 0.1) is 0 Å². The molecular formula is C14H16N8. The van der Waals surface area contributed by atoms with Crippen LogP contribution in [0.5, 0.6) is 0 Å². The van der Waals surface area contributed by atoms with Crippen LogP contribution in [0.1, 0.15) is 17.8 Å². The van der Waals surface area contributed by atoms with Crippen LogP contribution in [-0.2, 0) is 19.5 Å². The second kappa shape index (κ2) is 5.55. The van der Waals surface area contributed by atoms with E-state index in [1.54, 1.807) is 11.0 Å². The van der Waals surface area contributed by atoms with Gasteiger partial charge in [-0.3, -0.25) is 0 Å². The Kier molecular flexibility index (Phi) is 3.26. The zero-order valence-corrected chi connectivity index (χ0v) is 12.0. The van der Waals surface area contributed by atoms with Gasteiger partial charge < -0.3 is 5.32 Å². The Morgan fingerprint density at radius 2 is 2.14 bits per heavy atom. The smallest absolute Gasteiger partial charge is 0.243 e. The van der Waals surface area contributed by atoms with Crippen molar-refractivity contribution in [2.24, 2.45) is 0 Å². The van der Waals surface area contributed by atoms with E-state index in [0.717, 1.165) is 25.2 Å². The van der Waals surface area contributed by atoms with Crippen LogP contribution in [0.25, 0.3) is 0 Å². The second-order valence-corrected chi connectivity index (χ2v) is 5.38. The van der Waals surface area contributed by atoms with E-state index < -0.39 is 0 Å². The Morgan fingerprint density at radius 3 is 3.05 bits per heavy atom. The van der Waals surface area contributed by atoms with Gasteiger partial charge in [-0.2, -0.15) is 5.10 Å². The molecule has 3 heterocycles. The molecule has 0 aliphatic carbocycles. The maximum absolute atomic E-state index is 4.24. The number of hydrogen-bond acceptors (Lipinski definition) is 6. The fourth-order valence-corrected chi connectivity index (χ4v) is 2.71. The van der Waals surface area contributed by atoms with Crippen molar-refractivity contribution in [1.29, 1.82) is 0 Å². The summed E-state index contributed by atoms with van der Waals surface area (Å²) in [6.07, 6.45) is 3.52. The number of nitrogens with zero attached hydrogens (tertiary/aromatic N) is 7. The molecule has 4 rings (SSSR count). The minimum atomic E-state index is 0.259. The predicted molar refractivity (Wildman–Crippen MR) is 79.1 cm³/mol. The first-order valence-corrected chi connectivity index (χ1v) is 7.32. The lowest BCUT2D eigenvalue weighted by Crippen LogP contribution is -2.33. The summed E-state index contributed by atoms with van der Waals surface area (Å²) in [5.41, 5.74) is 1.17. The van der Waals surface area contributed by atoms with Crippen molar-refractivity contribution in [3.8, 4) is 0 Å². The molecule has 8 heteroatoms. The molecule has 0 radical (unpaired) electrons. The molecule has 0 bridgehead atoms. The van der Waals surface area contributed by atoms with Gasteiger partial charge in [-0.15, -0.1) is 0 Å². The molecular weight excluding hydrogens is 280 g/mol. The number of benzene rings is 1. The number of tetrazole rings is 1. The first-order chi connectivity index (χ1) is 10.9. The van der Waals surface area contributed by atoms with Crippen molar-refractivity contribution in [3.05, 3.63) is 48.0 Å². The van der Waals surface area contributed by atoms with E-state index in [4.69, 9.17) is 0 Å². The third-order valence-corrected chi connectivity index (χ3v) is 3.85. The summed E-state index contributed by atoms with van der Waals surface area (Å²) in [4.78, 5) is 4.24. The number of rotatable bonds is 4. The second-order valence-electron chi connectivity index (χ2n) is 5.38. The van der Waals surface area contributed by atoms with Crippen molar-refractivity contribution in [1.82, 2.24) is 35.0 Å². The standard InChI is InChI=1S/C14H16N8/c1-2-4-11(5-3-1)8-22-14(18-19-20-22)17-12-6-7-13-15-10-16-21(13)9-12/h1-5,10,12H,6-9H2,(H,17,18,20). The molecule has 1 aliphatic heterocycles. The zero-order chi connectivity index (χ0) is 14.8. The van der Waals surface area contributed by atoms with Gasteiger partial charge >= 0.3 is 0 Å². The van der Waals surface area contributed by atoms with Crippen molar-refractivity contribution < 1.29 is 0 Å². The van der Waals surface area contributed by atoms with E-state index in [9.17, 15) is 0 Å². The van der Waals surface area contributed by atoms with Gasteiger partial charge in [-0.05, 0) is 22.4 Å². The van der Waals surface area contributed by atoms with Crippen molar-refractivity contribution in [2.45, 2.75) is 32.0 Å². The van der Waals surface area contributed by atoms with Gasteiger partial charge in [0.2, 0.25) is 5.95 Å². The Morgan fingerprint density at radius 1 is 1.23 bits per heavy atom. The summed E-state index contributed by atoms with van der Waals surface area (Å²) < 4.78 is 3.72. The summed E-state index contributed by atoms with van der Waals surface area (Å²) in [6, 6.07) is 10.4. The maximum Gasteiger partial charge on any atom is 0.243 e. The third-order valence-electron chi connectivity index (χ3n) is 3.85. The highest BCUT2D eigenvalue weighted by Crippen LogP contribution is 2.15.